The highest BCUT2D eigenvalue weighted by molar-refractivity contribution is 7.18. The van der Waals surface area contributed by atoms with Crippen molar-refractivity contribution >= 4 is 39.8 Å². The minimum absolute atomic E-state index is 0. The van der Waals surface area contributed by atoms with Crippen LogP contribution in [0.15, 0.2) is 41.4 Å². The highest BCUT2D eigenvalue weighted by Gasteiger charge is 2.58. The molecule has 31 heavy (non-hydrogen) atoms. The van der Waals surface area contributed by atoms with E-state index in [1.165, 1.54) is 10.3 Å². The van der Waals surface area contributed by atoms with Gasteiger partial charge in [-0.3, -0.25) is 4.98 Å². The summed E-state index contributed by atoms with van der Waals surface area (Å²) in [6, 6.07) is 6.11. The largest absolute Gasteiger partial charge is 0.356 e. The van der Waals surface area contributed by atoms with Crippen molar-refractivity contribution in [3.8, 4) is 11.4 Å². The molecule has 0 radical (unpaired) electrons. The number of hydrogen-bond acceptors (Lipinski definition) is 8. The molecule has 7 nitrogen and oxygen atoms in total. The van der Waals surface area contributed by atoms with Crippen molar-refractivity contribution in [3.63, 3.8) is 0 Å². The van der Waals surface area contributed by atoms with E-state index in [-0.39, 0.29) is 12.4 Å². The van der Waals surface area contributed by atoms with Crippen molar-refractivity contribution in [2.45, 2.75) is 38.5 Å². The number of fused-ring (bicyclic) bond motifs is 1. The summed E-state index contributed by atoms with van der Waals surface area (Å²) < 4.78 is 5.63. The first-order valence-corrected chi connectivity index (χ1v) is 11.3. The molecule has 1 aliphatic carbocycles. The van der Waals surface area contributed by atoms with Crippen LogP contribution in [0.25, 0.3) is 21.6 Å². The van der Waals surface area contributed by atoms with E-state index in [9.17, 15) is 0 Å². The van der Waals surface area contributed by atoms with E-state index < -0.39 is 0 Å². The van der Waals surface area contributed by atoms with Crippen molar-refractivity contribution in [3.05, 3.63) is 47.7 Å². The first-order chi connectivity index (χ1) is 14.8. The molecule has 5 heterocycles. The molecule has 1 spiro atoms. The van der Waals surface area contributed by atoms with E-state index in [2.05, 4.69) is 43.0 Å². The van der Waals surface area contributed by atoms with E-state index in [0.717, 1.165) is 60.9 Å². The van der Waals surface area contributed by atoms with E-state index in [1.54, 1.807) is 30.1 Å². The Morgan fingerprint density at radius 3 is 2.90 bits per heavy atom. The molecular formula is C22H23ClN6OS. The third kappa shape index (κ3) is 3.47. The molecule has 2 fully saturated rings. The van der Waals surface area contributed by atoms with Crippen LogP contribution >= 0.6 is 23.7 Å². The molecule has 0 N–H and O–H groups in total. The van der Waals surface area contributed by atoms with E-state index >= 15 is 0 Å². The smallest absolute Gasteiger partial charge is 0.230 e. The predicted molar refractivity (Wildman–Crippen MR) is 123 cm³/mol. The number of piperidine rings is 1. The molecule has 4 aromatic heterocycles. The van der Waals surface area contributed by atoms with Crippen LogP contribution in [-0.2, 0) is 6.42 Å². The van der Waals surface area contributed by atoms with Crippen LogP contribution in [0.1, 0.15) is 42.9 Å². The van der Waals surface area contributed by atoms with Gasteiger partial charge in [0.2, 0.25) is 11.7 Å². The van der Waals surface area contributed by atoms with E-state index in [0.29, 0.717) is 17.2 Å². The minimum Gasteiger partial charge on any atom is -0.356 e. The second kappa shape index (κ2) is 7.84. The molecule has 2 aliphatic rings. The Balaban J connectivity index is 0.00000204. The summed E-state index contributed by atoms with van der Waals surface area (Å²) in [4.78, 5) is 22.8. The van der Waals surface area contributed by atoms with Gasteiger partial charge in [0.05, 0.1) is 5.39 Å². The average Bonchev–Trinajstić information content (AvgIpc) is 3.15. The Bertz CT molecular complexity index is 1200. The van der Waals surface area contributed by atoms with Gasteiger partial charge in [-0.15, -0.1) is 23.7 Å². The SMILES string of the molecule is CCc1cc2c(N3CCC4(CC3)CC4c3nc(-c4cccnc4)no3)ncnc2s1.Cl. The van der Waals surface area contributed by atoms with Crippen molar-refractivity contribution in [2.24, 2.45) is 5.41 Å². The van der Waals surface area contributed by atoms with Gasteiger partial charge in [-0.25, -0.2) is 9.97 Å². The molecule has 1 saturated heterocycles. The maximum atomic E-state index is 5.63. The highest BCUT2D eigenvalue weighted by atomic mass is 35.5. The van der Waals surface area contributed by atoms with Crippen LogP contribution < -0.4 is 4.90 Å². The molecule has 9 heteroatoms. The lowest BCUT2D eigenvalue weighted by Crippen LogP contribution is -2.35. The molecule has 0 amide bonds. The summed E-state index contributed by atoms with van der Waals surface area (Å²) in [7, 11) is 0. The van der Waals surface area contributed by atoms with Gasteiger partial charge in [0, 0.05) is 41.8 Å². The van der Waals surface area contributed by atoms with Crippen molar-refractivity contribution in [1.29, 1.82) is 0 Å². The second-order valence-electron chi connectivity index (χ2n) is 8.29. The molecule has 1 unspecified atom stereocenters. The molecule has 6 rings (SSSR count). The normalized spacial score (nSPS) is 19.5. The van der Waals surface area contributed by atoms with Crippen LogP contribution in [0, 0.1) is 5.41 Å². The van der Waals surface area contributed by atoms with Crippen LogP contribution in [0.5, 0.6) is 0 Å². The number of anilines is 1. The Morgan fingerprint density at radius 2 is 2.13 bits per heavy atom. The van der Waals surface area contributed by atoms with Gasteiger partial charge < -0.3 is 9.42 Å². The summed E-state index contributed by atoms with van der Waals surface area (Å²) in [6.07, 6.45) is 9.64. The fourth-order valence-corrected chi connectivity index (χ4v) is 5.65. The fraction of sp³-hybridized carbons (Fsp3) is 0.409. The van der Waals surface area contributed by atoms with Crippen LogP contribution in [0.4, 0.5) is 5.82 Å². The van der Waals surface area contributed by atoms with Crippen LogP contribution in [-0.4, -0.2) is 38.2 Å². The Labute approximate surface area is 190 Å². The van der Waals surface area contributed by atoms with Gasteiger partial charge in [-0.2, -0.15) is 4.98 Å². The Hall–Kier alpha value is -2.58. The molecule has 0 aromatic carbocycles. The lowest BCUT2D eigenvalue weighted by Gasteiger charge is -2.33. The average molecular weight is 455 g/mol. The van der Waals surface area contributed by atoms with Crippen molar-refractivity contribution in [2.75, 3.05) is 18.0 Å². The zero-order valence-electron chi connectivity index (χ0n) is 17.2. The standard InChI is InChI=1S/C22H22N6OS.ClH/c1-2-15-10-16-19(24-13-25-21(16)30-15)28-8-5-22(6-9-28)11-17(22)20-26-18(27-29-20)14-4-3-7-23-12-14;/h3-4,7,10,12-13,17H,2,5-6,8-9,11H2,1H3;1H. The molecule has 1 aliphatic heterocycles. The van der Waals surface area contributed by atoms with Gasteiger partial charge >= 0.3 is 0 Å². The van der Waals surface area contributed by atoms with Gasteiger partial charge in [0.15, 0.2) is 0 Å². The topological polar surface area (TPSA) is 80.8 Å². The van der Waals surface area contributed by atoms with Gasteiger partial charge in [-0.05, 0) is 49.3 Å². The molecule has 1 atom stereocenters. The van der Waals surface area contributed by atoms with Crippen molar-refractivity contribution < 1.29 is 4.52 Å². The molecule has 1 saturated carbocycles. The molecular weight excluding hydrogens is 432 g/mol. The van der Waals surface area contributed by atoms with Crippen LogP contribution in [0.2, 0.25) is 0 Å². The number of rotatable bonds is 4. The monoisotopic (exact) mass is 454 g/mol. The number of halogens is 1. The summed E-state index contributed by atoms with van der Waals surface area (Å²) in [6.45, 7) is 4.19. The third-order valence-electron chi connectivity index (χ3n) is 6.62. The first kappa shape index (κ1) is 20.3. The molecule has 160 valence electrons. The quantitative estimate of drug-likeness (QED) is 0.434. The summed E-state index contributed by atoms with van der Waals surface area (Å²) >= 11 is 1.78. The van der Waals surface area contributed by atoms with Crippen LogP contribution in [0.3, 0.4) is 0 Å². The lowest BCUT2D eigenvalue weighted by molar-refractivity contribution is 0.326. The summed E-state index contributed by atoms with van der Waals surface area (Å²) in [5, 5.41) is 5.38. The number of nitrogens with zero attached hydrogens (tertiary/aromatic N) is 6. The molecule has 4 aromatic rings. The number of thiophene rings is 1. The molecule has 0 bridgehead atoms. The van der Waals surface area contributed by atoms with Crippen molar-refractivity contribution in [1.82, 2.24) is 25.1 Å². The minimum atomic E-state index is 0. The number of aryl methyl sites for hydroxylation is 1. The predicted octanol–water partition coefficient (Wildman–Crippen LogP) is 4.89. The zero-order chi connectivity index (χ0) is 20.1. The third-order valence-corrected chi connectivity index (χ3v) is 7.80. The van der Waals surface area contributed by atoms with Gasteiger partial charge in [0.25, 0.3) is 0 Å². The fourth-order valence-electron chi connectivity index (χ4n) is 4.72. The zero-order valence-corrected chi connectivity index (χ0v) is 18.8. The summed E-state index contributed by atoms with van der Waals surface area (Å²) in [5.74, 6) is 2.86. The number of aromatic nitrogens is 5. The highest BCUT2D eigenvalue weighted by Crippen LogP contribution is 2.64. The number of hydrogen-bond donors (Lipinski definition) is 0. The van der Waals surface area contributed by atoms with E-state index in [1.807, 2.05) is 12.1 Å². The maximum Gasteiger partial charge on any atom is 0.230 e. The first-order valence-electron chi connectivity index (χ1n) is 10.5. The summed E-state index contributed by atoms with van der Waals surface area (Å²) in [5.41, 5.74) is 1.19. The maximum absolute atomic E-state index is 5.63. The second-order valence-corrected chi connectivity index (χ2v) is 9.40. The Kier molecular flexibility index (Phi) is 5.14. The Morgan fingerprint density at radius 1 is 1.26 bits per heavy atom. The van der Waals surface area contributed by atoms with E-state index in [4.69, 9.17) is 4.52 Å². The van der Waals surface area contributed by atoms with Gasteiger partial charge in [0.1, 0.15) is 17.0 Å². The van der Waals surface area contributed by atoms with Gasteiger partial charge in [-0.1, -0.05) is 12.1 Å². The lowest BCUT2D eigenvalue weighted by atomic mass is 9.90. The number of pyridine rings is 1.